The van der Waals surface area contributed by atoms with E-state index in [0.29, 0.717) is 21.5 Å². The minimum atomic E-state index is -0.437. The molecule has 0 saturated heterocycles. The van der Waals surface area contributed by atoms with Crippen molar-refractivity contribution in [2.75, 3.05) is 18.5 Å². The maximum Gasteiger partial charge on any atom is 0.258 e. The summed E-state index contributed by atoms with van der Waals surface area (Å²) in [6.45, 7) is -0.386. The first-order valence-corrected chi connectivity index (χ1v) is 7.50. The highest BCUT2D eigenvalue weighted by Gasteiger charge is 2.11. The van der Waals surface area contributed by atoms with Gasteiger partial charge in [0.1, 0.15) is 5.75 Å². The number of carbonyl (C=O) groups excluding carboxylic acids is 2. The van der Waals surface area contributed by atoms with Crippen LogP contribution >= 0.6 is 23.2 Å². The number of hydrogen-bond donors (Lipinski definition) is 2. The third-order valence-corrected chi connectivity index (χ3v) is 3.42. The SMILES string of the molecule is O=C(COc1ccccc1)NCC(=O)Nc1c(Cl)cccc1Cl. The topological polar surface area (TPSA) is 67.4 Å². The predicted molar refractivity (Wildman–Crippen MR) is 90.0 cm³/mol. The second-order valence-electron chi connectivity index (χ2n) is 4.52. The molecule has 0 spiro atoms. The number of halogens is 2. The summed E-state index contributed by atoms with van der Waals surface area (Å²) in [6, 6.07) is 13.8. The van der Waals surface area contributed by atoms with Crippen LogP contribution in [-0.4, -0.2) is 25.0 Å². The van der Waals surface area contributed by atoms with Crippen LogP contribution in [0, 0.1) is 0 Å². The Hall–Kier alpha value is -2.24. The molecule has 0 fully saturated rings. The van der Waals surface area contributed by atoms with Crippen LogP contribution in [0.2, 0.25) is 10.0 Å². The van der Waals surface area contributed by atoms with E-state index in [1.54, 1.807) is 42.5 Å². The highest BCUT2D eigenvalue weighted by molar-refractivity contribution is 6.39. The number of para-hydroxylation sites is 2. The van der Waals surface area contributed by atoms with Gasteiger partial charge in [-0.15, -0.1) is 0 Å². The van der Waals surface area contributed by atoms with Crippen LogP contribution in [0.1, 0.15) is 0 Å². The molecule has 0 heterocycles. The first-order valence-electron chi connectivity index (χ1n) is 6.74. The van der Waals surface area contributed by atoms with Crippen molar-refractivity contribution in [3.63, 3.8) is 0 Å². The molecule has 23 heavy (non-hydrogen) atoms. The van der Waals surface area contributed by atoms with E-state index in [4.69, 9.17) is 27.9 Å². The first kappa shape index (κ1) is 17.1. The Labute approximate surface area is 143 Å². The van der Waals surface area contributed by atoms with Crippen molar-refractivity contribution in [1.29, 1.82) is 0 Å². The van der Waals surface area contributed by atoms with Crippen molar-refractivity contribution < 1.29 is 14.3 Å². The van der Waals surface area contributed by atoms with Gasteiger partial charge >= 0.3 is 0 Å². The van der Waals surface area contributed by atoms with Crippen LogP contribution in [0.5, 0.6) is 5.75 Å². The number of carbonyl (C=O) groups is 2. The summed E-state index contributed by atoms with van der Waals surface area (Å²) >= 11 is 11.9. The molecule has 2 rings (SSSR count). The molecular formula is C16H14Cl2N2O3. The van der Waals surface area contributed by atoms with E-state index in [1.165, 1.54) is 0 Å². The molecule has 0 radical (unpaired) electrons. The van der Waals surface area contributed by atoms with E-state index in [-0.39, 0.29) is 13.2 Å². The molecule has 0 aromatic heterocycles. The standard InChI is InChI=1S/C16H14Cl2N2O3/c17-12-7-4-8-13(18)16(12)20-14(21)9-19-15(22)10-23-11-5-2-1-3-6-11/h1-8H,9-10H2,(H,19,22)(H,20,21). The van der Waals surface area contributed by atoms with Gasteiger partial charge in [0.2, 0.25) is 5.91 Å². The third-order valence-electron chi connectivity index (χ3n) is 2.79. The van der Waals surface area contributed by atoms with Crippen LogP contribution in [0.3, 0.4) is 0 Å². The minimum absolute atomic E-state index is 0.176. The lowest BCUT2D eigenvalue weighted by Crippen LogP contribution is -2.35. The minimum Gasteiger partial charge on any atom is -0.484 e. The molecule has 2 amide bonds. The van der Waals surface area contributed by atoms with Crippen molar-refractivity contribution in [3.05, 3.63) is 58.6 Å². The Morgan fingerprint density at radius 3 is 2.22 bits per heavy atom. The Bertz CT molecular complexity index is 673. The molecule has 0 saturated carbocycles. The van der Waals surface area contributed by atoms with Crippen molar-refractivity contribution in [2.24, 2.45) is 0 Å². The number of nitrogens with one attached hydrogen (secondary N) is 2. The summed E-state index contributed by atoms with van der Waals surface area (Å²) in [4.78, 5) is 23.5. The smallest absolute Gasteiger partial charge is 0.258 e. The van der Waals surface area contributed by atoms with Crippen LogP contribution in [0.15, 0.2) is 48.5 Å². The van der Waals surface area contributed by atoms with E-state index in [2.05, 4.69) is 10.6 Å². The summed E-state index contributed by atoms with van der Waals surface area (Å²) in [7, 11) is 0. The quantitative estimate of drug-likeness (QED) is 0.839. The zero-order valence-electron chi connectivity index (χ0n) is 12.0. The molecular weight excluding hydrogens is 339 g/mol. The average molecular weight is 353 g/mol. The number of ether oxygens (including phenoxy) is 1. The van der Waals surface area contributed by atoms with Gasteiger partial charge in [-0.3, -0.25) is 9.59 Å². The summed E-state index contributed by atoms with van der Waals surface area (Å²) < 4.78 is 5.27. The molecule has 0 aliphatic heterocycles. The molecule has 120 valence electrons. The first-order chi connectivity index (χ1) is 11.1. The molecule has 2 N–H and O–H groups in total. The van der Waals surface area contributed by atoms with Gasteiger partial charge in [0, 0.05) is 0 Å². The number of hydrogen-bond acceptors (Lipinski definition) is 3. The maximum atomic E-state index is 11.8. The molecule has 0 atom stereocenters. The normalized spacial score (nSPS) is 10.0. The predicted octanol–water partition coefficient (Wildman–Crippen LogP) is 3.13. The summed E-state index contributed by atoms with van der Waals surface area (Å²) in [5.74, 6) is -0.266. The molecule has 2 aromatic rings. The van der Waals surface area contributed by atoms with Gasteiger partial charge in [-0.1, -0.05) is 47.5 Å². The Morgan fingerprint density at radius 2 is 1.57 bits per heavy atom. The van der Waals surface area contributed by atoms with E-state index in [0.717, 1.165) is 0 Å². The largest absolute Gasteiger partial charge is 0.484 e. The van der Waals surface area contributed by atoms with Crippen molar-refractivity contribution >= 4 is 40.7 Å². The molecule has 0 aliphatic carbocycles. The maximum absolute atomic E-state index is 11.8. The zero-order valence-corrected chi connectivity index (χ0v) is 13.5. The fourth-order valence-electron chi connectivity index (χ4n) is 1.70. The Kier molecular flexibility index (Phi) is 6.26. The number of anilines is 1. The fraction of sp³-hybridized carbons (Fsp3) is 0.125. The van der Waals surface area contributed by atoms with Gasteiger partial charge in [-0.05, 0) is 24.3 Å². The monoisotopic (exact) mass is 352 g/mol. The van der Waals surface area contributed by atoms with Gasteiger partial charge in [-0.2, -0.15) is 0 Å². The summed E-state index contributed by atoms with van der Waals surface area (Å²) in [5, 5.41) is 5.65. The number of benzene rings is 2. The molecule has 7 heteroatoms. The molecule has 2 aromatic carbocycles. The van der Waals surface area contributed by atoms with Crippen LogP contribution in [0.25, 0.3) is 0 Å². The van der Waals surface area contributed by atoms with Gasteiger partial charge in [0.15, 0.2) is 6.61 Å². The van der Waals surface area contributed by atoms with Crippen LogP contribution < -0.4 is 15.4 Å². The Morgan fingerprint density at radius 1 is 0.913 bits per heavy atom. The highest BCUT2D eigenvalue weighted by Crippen LogP contribution is 2.29. The summed E-state index contributed by atoms with van der Waals surface area (Å²) in [5.41, 5.74) is 0.315. The van der Waals surface area contributed by atoms with Crippen LogP contribution in [0.4, 0.5) is 5.69 Å². The van der Waals surface area contributed by atoms with Gasteiger partial charge in [0.05, 0.1) is 22.3 Å². The lowest BCUT2D eigenvalue weighted by molar-refractivity contribution is -0.125. The highest BCUT2D eigenvalue weighted by atomic mass is 35.5. The van der Waals surface area contributed by atoms with Gasteiger partial charge in [-0.25, -0.2) is 0 Å². The Balaban J connectivity index is 1.77. The molecule has 5 nitrogen and oxygen atoms in total. The van der Waals surface area contributed by atoms with E-state index in [9.17, 15) is 9.59 Å². The lowest BCUT2D eigenvalue weighted by atomic mass is 10.3. The molecule has 0 aliphatic rings. The molecule has 0 bridgehead atoms. The van der Waals surface area contributed by atoms with Crippen molar-refractivity contribution in [1.82, 2.24) is 5.32 Å². The van der Waals surface area contributed by atoms with E-state index >= 15 is 0 Å². The lowest BCUT2D eigenvalue weighted by Gasteiger charge is -2.10. The van der Waals surface area contributed by atoms with E-state index < -0.39 is 11.8 Å². The molecule has 0 unspecified atom stereocenters. The third kappa shape index (κ3) is 5.47. The van der Waals surface area contributed by atoms with E-state index in [1.807, 2.05) is 6.07 Å². The van der Waals surface area contributed by atoms with Crippen molar-refractivity contribution in [2.45, 2.75) is 0 Å². The second-order valence-corrected chi connectivity index (χ2v) is 5.34. The number of amides is 2. The average Bonchev–Trinajstić information content (AvgIpc) is 2.55. The van der Waals surface area contributed by atoms with Gasteiger partial charge in [0.25, 0.3) is 5.91 Å². The number of rotatable bonds is 6. The van der Waals surface area contributed by atoms with Crippen LogP contribution in [-0.2, 0) is 9.59 Å². The fourth-order valence-corrected chi connectivity index (χ4v) is 2.19. The van der Waals surface area contributed by atoms with Crippen molar-refractivity contribution in [3.8, 4) is 5.75 Å². The second kappa shape index (κ2) is 8.41. The van der Waals surface area contributed by atoms with Gasteiger partial charge < -0.3 is 15.4 Å². The zero-order chi connectivity index (χ0) is 16.7. The summed E-state index contributed by atoms with van der Waals surface area (Å²) in [6.07, 6.45) is 0.